The Balaban J connectivity index is 2.13. The Labute approximate surface area is 130 Å². The molecule has 4 heteroatoms. The first kappa shape index (κ1) is 15.2. The van der Waals surface area contributed by atoms with E-state index in [0.29, 0.717) is 0 Å². The molecule has 1 aromatic carbocycles. The monoisotopic (exact) mass is 306 g/mol. The Bertz CT molecular complexity index is 599. The van der Waals surface area contributed by atoms with Crippen molar-refractivity contribution in [3.05, 3.63) is 52.2 Å². The minimum Gasteiger partial charge on any atom is -0.370 e. The van der Waals surface area contributed by atoms with Gasteiger partial charge in [0.2, 0.25) is 0 Å². The molecule has 0 amide bonds. The zero-order valence-electron chi connectivity index (χ0n) is 12.0. The van der Waals surface area contributed by atoms with E-state index < -0.39 is 0 Å². The molecule has 1 N–H and O–H groups in total. The fourth-order valence-corrected chi connectivity index (χ4v) is 3.20. The third kappa shape index (κ3) is 3.90. The summed E-state index contributed by atoms with van der Waals surface area (Å²) < 4.78 is 0. The summed E-state index contributed by atoms with van der Waals surface area (Å²) in [6.07, 6.45) is 0. The van der Waals surface area contributed by atoms with Crippen LogP contribution in [0.25, 0.3) is 0 Å². The van der Waals surface area contributed by atoms with Gasteiger partial charge in [0.1, 0.15) is 5.82 Å². The van der Waals surface area contributed by atoms with Crippen LogP contribution >= 0.6 is 23.4 Å². The van der Waals surface area contributed by atoms with Gasteiger partial charge >= 0.3 is 0 Å². The average molecular weight is 307 g/mol. The van der Waals surface area contributed by atoms with Crippen LogP contribution in [0.4, 0.5) is 5.82 Å². The first-order chi connectivity index (χ1) is 9.60. The topological polar surface area (TPSA) is 24.9 Å². The number of nitrogens with zero attached hydrogens (tertiary/aromatic N) is 1. The Kier molecular flexibility index (Phi) is 5.32. The van der Waals surface area contributed by atoms with Crippen molar-refractivity contribution in [2.45, 2.75) is 31.4 Å². The lowest BCUT2D eigenvalue weighted by Crippen LogP contribution is -2.01. The summed E-state index contributed by atoms with van der Waals surface area (Å²) >= 11 is 8.01. The number of hydrogen-bond acceptors (Lipinski definition) is 3. The Morgan fingerprint density at radius 2 is 2.00 bits per heavy atom. The van der Waals surface area contributed by atoms with Crippen LogP contribution in [0, 0.1) is 13.8 Å². The van der Waals surface area contributed by atoms with E-state index in [0.717, 1.165) is 28.8 Å². The van der Waals surface area contributed by atoms with Crippen molar-refractivity contribution in [1.82, 2.24) is 4.98 Å². The molecule has 0 aliphatic heterocycles. The third-order valence-corrected chi connectivity index (χ3v) is 4.50. The summed E-state index contributed by atoms with van der Waals surface area (Å²) in [5.41, 5.74) is 3.49. The molecule has 2 aromatic rings. The van der Waals surface area contributed by atoms with Crippen LogP contribution in [0.5, 0.6) is 0 Å². The van der Waals surface area contributed by atoms with E-state index in [2.05, 4.69) is 49.3 Å². The molecule has 2 rings (SSSR count). The van der Waals surface area contributed by atoms with Crippen LogP contribution in [-0.4, -0.2) is 11.5 Å². The maximum absolute atomic E-state index is 6.23. The molecule has 1 heterocycles. The Morgan fingerprint density at radius 1 is 1.20 bits per heavy atom. The summed E-state index contributed by atoms with van der Waals surface area (Å²) in [5, 5.41) is 3.94. The predicted molar refractivity (Wildman–Crippen MR) is 88.9 cm³/mol. The number of hydrogen-bond donors (Lipinski definition) is 1. The van der Waals surface area contributed by atoms with Crippen molar-refractivity contribution in [3.8, 4) is 0 Å². The number of nitrogens with one attached hydrogen (secondary N) is 1. The van der Waals surface area contributed by atoms with E-state index in [1.807, 2.05) is 12.1 Å². The van der Waals surface area contributed by atoms with Gasteiger partial charge < -0.3 is 5.32 Å². The molecule has 0 spiro atoms. The van der Waals surface area contributed by atoms with Crippen molar-refractivity contribution in [1.29, 1.82) is 0 Å². The van der Waals surface area contributed by atoms with Crippen LogP contribution in [0.15, 0.2) is 35.2 Å². The molecule has 106 valence electrons. The fourth-order valence-electron chi connectivity index (χ4n) is 1.87. The zero-order chi connectivity index (χ0) is 14.5. The second kappa shape index (κ2) is 7.00. The number of thioether (sulfide) groups is 1. The van der Waals surface area contributed by atoms with Crippen molar-refractivity contribution in [2.24, 2.45) is 0 Å². The zero-order valence-corrected chi connectivity index (χ0v) is 13.6. The Morgan fingerprint density at radius 3 is 2.75 bits per heavy atom. The van der Waals surface area contributed by atoms with Gasteiger partial charge in [0.05, 0.1) is 10.7 Å². The van der Waals surface area contributed by atoms with E-state index in [9.17, 15) is 0 Å². The van der Waals surface area contributed by atoms with Gasteiger partial charge in [0.25, 0.3) is 0 Å². The molecule has 1 aromatic heterocycles. The minimum atomic E-state index is 0.726. The fraction of sp³-hybridized carbons (Fsp3) is 0.312. The maximum atomic E-state index is 6.23. The van der Waals surface area contributed by atoms with Crippen molar-refractivity contribution < 1.29 is 0 Å². The van der Waals surface area contributed by atoms with E-state index in [1.165, 1.54) is 16.0 Å². The molecule has 0 saturated carbocycles. The van der Waals surface area contributed by atoms with Crippen molar-refractivity contribution in [2.75, 3.05) is 11.9 Å². The maximum Gasteiger partial charge on any atom is 0.126 e. The summed E-state index contributed by atoms with van der Waals surface area (Å²) in [7, 11) is 0. The van der Waals surface area contributed by atoms with Gasteiger partial charge in [-0.15, -0.1) is 11.8 Å². The van der Waals surface area contributed by atoms with Gasteiger partial charge in [0, 0.05) is 17.2 Å². The Hall–Kier alpha value is -1.19. The number of halogens is 1. The highest BCUT2D eigenvalue weighted by atomic mass is 35.5. The van der Waals surface area contributed by atoms with E-state index in [1.54, 1.807) is 11.8 Å². The second-order valence-corrected chi connectivity index (χ2v) is 6.14. The van der Waals surface area contributed by atoms with Crippen LogP contribution in [0.3, 0.4) is 0 Å². The highest BCUT2D eigenvalue weighted by Gasteiger charge is 2.06. The predicted octanol–water partition coefficient (Wildman–Crippen LogP) is 5.08. The lowest BCUT2D eigenvalue weighted by Gasteiger charge is -2.09. The number of pyridine rings is 1. The second-order valence-electron chi connectivity index (χ2n) is 4.71. The van der Waals surface area contributed by atoms with Gasteiger partial charge in [-0.1, -0.05) is 29.3 Å². The molecular weight excluding hydrogens is 288 g/mol. The van der Waals surface area contributed by atoms with Gasteiger partial charge in [-0.25, -0.2) is 4.98 Å². The highest BCUT2D eigenvalue weighted by molar-refractivity contribution is 7.98. The van der Waals surface area contributed by atoms with Gasteiger partial charge in [-0.3, -0.25) is 0 Å². The summed E-state index contributed by atoms with van der Waals surface area (Å²) in [6.45, 7) is 7.16. The highest BCUT2D eigenvalue weighted by Crippen LogP contribution is 2.29. The standard InChI is InChI=1S/C16H19ClN2S/c1-4-18-16-8-7-13(17)14(19-16)10-20-15-9-11(2)5-6-12(15)3/h5-9H,4,10H2,1-3H3,(H,18,19). The lowest BCUT2D eigenvalue weighted by molar-refractivity contribution is 1.11. The molecule has 0 radical (unpaired) electrons. The van der Waals surface area contributed by atoms with Crippen LogP contribution < -0.4 is 5.32 Å². The third-order valence-electron chi connectivity index (χ3n) is 2.98. The van der Waals surface area contributed by atoms with Gasteiger partial charge in [-0.2, -0.15) is 0 Å². The van der Waals surface area contributed by atoms with Crippen molar-refractivity contribution >= 4 is 29.2 Å². The summed E-state index contributed by atoms with van der Waals surface area (Å²) in [5.74, 6) is 1.66. The minimum absolute atomic E-state index is 0.726. The molecule has 0 saturated heterocycles. The SMILES string of the molecule is CCNc1ccc(Cl)c(CSc2cc(C)ccc2C)n1. The molecular formula is C16H19ClN2S. The van der Waals surface area contributed by atoms with E-state index in [-0.39, 0.29) is 0 Å². The summed E-state index contributed by atoms with van der Waals surface area (Å²) in [6, 6.07) is 10.3. The summed E-state index contributed by atoms with van der Waals surface area (Å²) in [4.78, 5) is 5.85. The van der Waals surface area contributed by atoms with E-state index >= 15 is 0 Å². The van der Waals surface area contributed by atoms with Gasteiger partial charge in [-0.05, 0) is 44.5 Å². The molecule has 20 heavy (non-hydrogen) atoms. The van der Waals surface area contributed by atoms with E-state index in [4.69, 9.17) is 11.6 Å². The molecule has 0 aliphatic carbocycles. The normalized spacial score (nSPS) is 10.6. The number of benzene rings is 1. The quantitative estimate of drug-likeness (QED) is 0.780. The first-order valence-corrected chi connectivity index (χ1v) is 8.06. The van der Waals surface area contributed by atoms with Crippen LogP contribution in [-0.2, 0) is 5.75 Å². The number of rotatable bonds is 5. The van der Waals surface area contributed by atoms with Gasteiger partial charge in [0.15, 0.2) is 0 Å². The smallest absolute Gasteiger partial charge is 0.126 e. The lowest BCUT2D eigenvalue weighted by atomic mass is 10.2. The number of aromatic nitrogens is 1. The van der Waals surface area contributed by atoms with Crippen molar-refractivity contribution in [3.63, 3.8) is 0 Å². The van der Waals surface area contributed by atoms with Crippen LogP contribution in [0.2, 0.25) is 5.02 Å². The first-order valence-electron chi connectivity index (χ1n) is 6.69. The molecule has 0 atom stereocenters. The molecule has 2 nitrogen and oxygen atoms in total. The molecule has 0 bridgehead atoms. The molecule has 0 aliphatic rings. The average Bonchev–Trinajstić information content (AvgIpc) is 2.43. The number of anilines is 1. The molecule has 0 unspecified atom stereocenters. The van der Waals surface area contributed by atoms with Crippen LogP contribution in [0.1, 0.15) is 23.7 Å². The molecule has 0 fully saturated rings. The number of aryl methyl sites for hydroxylation is 2. The largest absolute Gasteiger partial charge is 0.370 e.